The molecule has 1 heterocycles. The Labute approximate surface area is 87.4 Å². The number of rotatable bonds is 2. The highest BCUT2D eigenvalue weighted by Gasteiger charge is 2.20. The largest absolute Gasteiger partial charge is 0.452 e. The van der Waals surface area contributed by atoms with Crippen LogP contribution in [0.1, 0.15) is 36.0 Å². The first-order valence-electron chi connectivity index (χ1n) is 4.81. The van der Waals surface area contributed by atoms with Gasteiger partial charge < -0.3 is 9.73 Å². The lowest BCUT2D eigenvalue weighted by Crippen LogP contribution is -2.32. The summed E-state index contributed by atoms with van der Waals surface area (Å²) in [4.78, 5) is 11.6. The van der Waals surface area contributed by atoms with Crippen molar-refractivity contribution in [3.8, 4) is 0 Å². The third kappa shape index (κ3) is 1.93. The number of hydrogen-bond acceptors (Lipinski definition) is 2. The highest BCUT2D eigenvalue weighted by Crippen LogP contribution is 2.20. The van der Waals surface area contributed by atoms with Crippen LogP contribution < -0.4 is 5.32 Å². The van der Waals surface area contributed by atoms with E-state index in [9.17, 15) is 4.79 Å². The van der Waals surface area contributed by atoms with Crippen LogP contribution in [0.5, 0.6) is 0 Å². The van der Waals surface area contributed by atoms with Crippen molar-refractivity contribution in [1.82, 2.24) is 5.32 Å². The number of carbonyl (C=O) groups is 1. The molecular weight excluding hydrogens is 202 g/mol. The minimum atomic E-state index is -0.129. The van der Waals surface area contributed by atoms with Crippen molar-refractivity contribution in [3.63, 3.8) is 0 Å². The molecule has 0 unspecified atom stereocenters. The van der Waals surface area contributed by atoms with Crippen LogP contribution in [0.15, 0.2) is 16.7 Å². The van der Waals surface area contributed by atoms with Gasteiger partial charge in [-0.3, -0.25) is 4.79 Å². The van der Waals surface area contributed by atoms with E-state index in [0.717, 1.165) is 12.8 Å². The van der Waals surface area contributed by atoms with Crippen molar-refractivity contribution in [2.45, 2.75) is 31.7 Å². The Balaban J connectivity index is 1.98. The fourth-order valence-electron chi connectivity index (χ4n) is 1.79. The summed E-state index contributed by atoms with van der Waals surface area (Å²) in [5, 5.41) is 3.11. The van der Waals surface area contributed by atoms with Gasteiger partial charge in [0.05, 0.1) is 11.8 Å². The van der Waals surface area contributed by atoms with Crippen LogP contribution in [-0.2, 0) is 0 Å². The van der Waals surface area contributed by atoms with E-state index in [1.165, 1.54) is 19.1 Å². The molecule has 1 N–H and O–H groups in total. The van der Waals surface area contributed by atoms with Crippen LogP contribution in [0.4, 0.5) is 0 Å². The van der Waals surface area contributed by atoms with E-state index in [1.54, 1.807) is 6.07 Å². The van der Waals surface area contributed by atoms with E-state index in [2.05, 4.69) is 5.32 Å². The lowest BCUT2D eigenvalue weighted by Gasteiger charge is -2.10. The van der Waals surface area contributed by atoms with Crippen molar-refractivity contribution >= 4 is 17.5 Å². The Kier molecular flexibility index (Phi) is 2.77. The third-order valence-electron chi connectivity index (χ3n) is 2.55. The first kappa shape index (κ1) is 9.59. The number of hydrogen-bond donors (Lipinski definition) is 1. The van der Waals surface area contributed by atoms with Crippen LogP contribution in [-0.4, -0.2) is 11.9 Å². The van der Waals surface area contributed by atoms with E-state index < -0.39 is 0 Å². The molecule has 0 saturated heterocycles. The van der Waals surface area contributed by atoms with Gasteiger partial charge in [-0.05, 0) is 30.5 Å². The lowest BCUT2D eigenvalue weighted by atomic mass is 10.2. The molecule has 0 aliphatic heterocycles. The van der Waals surface area contributed by atoms with Gasteiger partial charge in [0.2, 0.25) is 5.22 Å². The van der Waals surface area contributed by atoms with E-state index in [0.29, 0.717) is 11.6 Å². The zero-order valence-electron chi connectivity index (χ0n) is 7.75. The molecule has 1 amide bonds. The van der Waals surface area contributed by atoms with Crippen molar-refractivity contribution in [1.29, 1.82) is 0 Å². The van der Waals surface area contributed by atoms with Crippen LogP contribution in [0.3, 0.4) is 0 Å². The van der Waals surface area contributed by atoms with Crippen molar-refractivity contribution < 1.29 is 9.21 Å². The topological polar surface area (TPSA) is 42.2 Å². The van der Waals surface area contributed by atoms with Gasteiger partial charge >= 0.3 is 0 Å². The van der Waals surface area contributed by atoms with Crippen molar-refractivity contribution in [2.75, 3.05) is 0 Å². The molecule has 0 aromatic carbocycles. The zero-order valence-corrected chi connectivity index (χ0v) is 8.51. The maximum absolute atomic E-state index is 11.6. The third-order valence-corrected chi connectivity index (χ3v) is 2.85. The lowest BCUT2D eigenvalue weighted by molar-refractivity contribution is 0.0937. The molecule has 1 fully saturated rings. The van der Waals surface area contributed by atoms with Crippen LogP contribution in [0.2, 0.25) is 5.22 Å². The Bertz CT molecular complexity index is 329. The smallest absolute Gasteiger partial charge is 0.256 e. The van der Waals surface area contributed by atoms with E-state index in [-0.39, 0.29) is 11.1 Å². The Hall–Kier alpha value is -0.960. The molecule has 1 aliphatic rings. The van der Waals surface area contributed by atoms with Gasteiger partial charge in [0.1, 0.15) is 0 Å². The SMILES string of the molecule is O=C(NC1CCCC1)c1ccoc1Cl. The summed E-state index contributed by atoms with van der Waals surface area (Å²) < 4.78 is 4.85. The molecule has 2 rings (SSSR count). The molecule has 1 aromatic rings. The molecule has 1 aliphatic carbocycles. The van der Waals surface area contributed by atoms with Gasteiger partial charge in [-0.25, -0.2) is 0 Å². The van der Waals surface area contributed by atoms with Crippen LogP contribution in [0, 0.1) is 0 Å². The number of amides is 1. The number of nitrogens with one attached hydrogen (secondary N) is 1. The molecule has 1 aromatic heterocycles. The number of halogens is 1. The molecule has 14 heavy (non-hydrogen) atoms. The highest BCUT2D eigenvalue weighted by atomic mass is 35.5. The van der Waals surface area contributed by atoms with E-state index >= 15 is 0 Å². The Morgan fingerprint density at radius 1 is 1.50 bits per heavy atom. The molecular formula is C10H12ClNO2. The summed E-state index contributed by atoms with van der Waals surface area (Å²) in [6.45, 7) is 0. The van der Waals surface area contributed by atoms with Gasteiger partial charge in [-0.2, -0.15) is 0 Å². The average Bonchev–Trinajstić information content (AvgIpc) is 2.75. The molecule has 1 saturated carbocycles. The molecule has 0 spiro atoms. The van der Waals surface area contributed by atoms with Crippen LogP contribution >= 0.6 is 11.6 Å². The van der Waals surface area contributed by atoms with Gasteiger partial charge in [0.15, 0.2) is 0 Å². The van der Waals surface area contributed by atoms with Gasteiger partial charge in [-0.1, -0.05) is 12.8 Å². The summed E-state index contributed by atoms with van der Waals surface area (Å²) in [5.41, 5.74) is 0.429. The molecule has 0 atom stereocenters. The summed E-state index contributed by atoms with van der Waals surface area (Å²) in [7, 11) is 0. The molecule has 0 radical (unpaired) electrons. The maximum atomic E-state index is 11.6. The summed E-state index contributed by atoms with van der Waals surface area (Å²) in [5.74, 6) is -0.129. The molecule has 4 heteroatoms. The maximum Gasteiger partial charge on any atom is 0.256 e. The Morgan fingerprint density at radius 3 is 2.79 bits per heavy atom. The van der Waals surface area contributed by atoms with Crippen LogP contribution in [0.25, 0.3) is 0 Å². The van der Waals surface area contributed by atoms with Crippen molar-refractivity contribution in [3.05, 3.63) is 23.1 Å². The predicted octanol–water partition coefficient (Wildman–Crippen LogP) is 2.61. The molecule has 3 nitrogen and oxygen atoms in total. The van der Waals surface area contributed by atoms with E-state index in [1.807, 2.05) is 0 Å². The summed E-state index contributed by atoms with van der Waals surface area (Å²) in [6.07, 6.45) is 5.96. The second-order valence-corrected chi connectivity index (χ2v) is 3.91. The average molecular weight is 214 g/mol. The number of carbonyl (C=O) groups excluding carboxylic acids is 1. The second kappa shape index (κ2) is 4.05. The van der Waals surface area contributed by atoms with Crippen molar-refractivity contribution in [2.24, 2.45) is 0 Å². The molecule has 76 valence electrons. The number of furan rings is 1. The zero-order chi connectivity index (χ0) is 9.97. The predicted molar refractivity (Wildman–Crippen MR) is 53.4 cm³/mol. The highest BCUT2D eigenvalue weighted by molar-refractivity contribution is 6.32. The standard InChI is InChI=1S/C10H12ClNO2/c11-9-8(5-6-14-9)10(13)12-7-3-1-2-4-7/h5-7H,1-4H2,(H,12,13). The molecule has 0 bridgehead atoms. The minimum absolute atomic E-state index is 0.129. The first-order valence-corrected chi connectivity index (χ1v) is 5.19. The fraction of sp³-hybridized carbons (Fsp3) is 0.500. The summed E-state index contributed by atoms with van der Waals surface area (Å²) in [6, 6.07) is 1.90. The fourth-order valence-corrected chi connectivity index (χ4v) is 1.99. The second-order valence-electron chi connectivity index (χ2n) is 3.56. The monoisotopic (exact) mass is 213 g/mol. The normalized spacial score (nSPS) is 17.2. The Morgan fingerprint density at radius 2 is 2.21 bits per heavy atom. The summed E-state index contributed by atoms with van der Waals surface area (Å²) >= 11 is 5.69. The minimum Gasteiger partial charge on any atom is -0.452 e. The van der Waals surface area contributed by atoms with Gasteiger partial charge in [0, 0.05) is 6.04 Å². The first-order chi connectivity index (χ1) is 6.77. The van der Waals surface area contributed by atoms with Gasteiger partial charge in [0.25, 0.3) is 5.91 Å². The van der Waals surface area contributed by atoms with E-state index in [4.69, 9.17) is 16.0 Å². The quantitative estimate of drug-likeness (QED) is 0.821. The van der Waals surface area contributed by atoms with Gasteiger partial charge in [-0.15, -0.1) is 0 Å².